The molecule has 0 bridgehead atoms. The number of fused-ring (bicyclic) bond motifs is 5. The molecule has 0 unspecified atom stereocenters. The summed E-state index contributed by atoms with van der Waals surface area (Å²) >= 11 is 0. The summed E-state index contributed by atoms with van der Waals surface area (Å²) in [5.41, 5.74) is 5.87. The van der Waals surface area contributed by atoms with E-state index < -0.39 is 17.4 Å². The van der Waals surface area contributed by atoms with Gasteiger partial charge in [0.25, 0.3) is 5.56 Å². The number of carbonyl (C=O) groups is 1. The number of nitrogens with zero attached hydrogens (tertiary/aromatic N) is 2. The maximum absolute atomic E-state index is 14.4. The minimum Gasteiger partial charge on any atom is -0.489 e. The smallest absolute Gasteiger partial charge is 0.343 e. The molecule has 0 fully saturated rings. The number of aromatic nitrogens is 2. The number of esters is 1. The van der Waals surface area contributed by atoms with E-state index in [4.69, 9.17) is 15.2 Å². The molecular weight excluding hydrogens is 405 g/mol. The second kappa shape index (κ2) is 6.86. The minimum absolute atomic E-state index is 0.0660. The molecule has 0 saturated heterocycles. The Morgan fingerprint density at radius 3 is 2.87 bits per heavy atom. The number of ether oxygens (including phenoxy) is 2. The molecule has 0 amide bonds. The summed E-state index contributed by atoms with van der Waals surface area (Å²) in [6.45, 7) is 2.18. The van der Waals surface area contributed by atoms with Crippen LogP contribution >= 0.6 is 0 Å². The number of cyclic esters (lactones) is 1. The van der Waals surface area contributed by atoms with E-state index in [2.05, 4.69) is 4.98 Å². The van der Waals surface area contributed by atoms with E-state index in [1.54, 1.807) is 19.1 Å². The van der Waals surface area contributed by atoms with Crippen LogP contribution in [0.15, 0.2) is 29.1 Å². The predicted molar refractivity (Wildman–Crippen MR) is 109 cm³/mol. The number of hydrogen-bond acceptors (Lipinski definition) is 7. The fourth-order valence-electron chi connectivity index (χ4n) is 4.26. The summed E-state index contributed by atoms with van der Waals surface area (Å²) in [6.07, 6.45) is 0.0660. The SMILES string of the molecule is CC[C@@]1(O)C(=O)OCc2c1cc1n(c2=O)Cc2cc3cc(OCCN)c(F)cc3nc2-1. The number of hydrogen-bond donors (Lipinski definition) is 2. The van der Waals surface area contributed by atoms with Gasteiger partial charge in [0.15, 0.2) is 17.2 Å². The van der Waals surface area contributed by atoms with E-state index in [-0.39, 0.29) is 55.2 Å². The number of pyridine rings is 2. The van der Waals surface area contributed by atoms with Gasteiger partial charge in [-0.15, -0.1) is 0 Å². The van der Waals surface area contributed by atoms with Gasteiger partial charge in [-0.05, 0) is 24.6 Å². The molecule has 1 atom stereocenters. The Morgan fingerprint density at radius 2 is 2.13 bits per heavy atom. The third-order valence-corrected chi connectivity index (χ3v) is 5.94. The van der Waals surface area contributed by atoms with Crippen LogP contribution in [0.1, 0.15) is 30.0 Å². The van der Waals surface area contributed by atoms with Gasteiger partial charge in [-0.1, -0.05) is 6.92 Å². The van der Waals surface area contributed by atoms with Gasteiger partial charge in [0.1, 0.15) is 13.2 Å². The Bertz CT molecular complexity index is 1320. The Labute approximate surface area is 176 Å². The molecule has 160 valence electrons. The number of halogens is 1. The molecule has 3 aromatic rings. The quantitative estimate of drug-likeness (QED) is 0.477. The van der Waals surface area contributed by atoms with Crippen molar-refractivity contribution in [3.63, 3.8) is 0 Å². The van der Waals surface area contributed by atoms with Gasteiger partial charge in [-0.2, -0.15) is 0 Å². The lowest BCUT2D eigenvalue weighted by molar-refractivity contribution is -0.172. The molecule has 0 aliphatic carbocycles. The number of carbonyl (C=O) groups excluding carboxylic acids is 1. The number of nitrogens with two attached hydrogens (primary N) is 1. The van der Waals surface area contributed by atoms with Crippen molar-refractivity contribution in [2.45, 2.75) is 32.1 Å². The van der Waals surface area contributed by atoms with Crippen LogP contribution < -0.4 is 16.0 Å². The van der Waals surface area contributed by atoms with Crippen molar-refractivity contribution in [3.8, 4) is 17.1 Å². The summed E-state index contributed by atoms with van der Waals surface area (Å²) < 4.78 is 26.4. The Hall–Kier alpha value is -3.30. The van der Waals surface area contributed by atoms with Crippen LogP contribution in [0.3, 0.4) is 0 Å². The number of aliphatic hydroxyl groups is 1. The monoisotopic (exact) mass is 425 g/mol. The van der Waals surface area contributed by atoms with Gasteiger partial charge < -0.3 is 24.9 Å². The summed E-state index contributed by atoms with van der Waals surface area (Å²) in [4.78, 5) is 30.0. The van der Waals surface area contributed by atoms with Crippen LogP contribution in [-0.4, -0.2) is 33.8 Å². The molecule has 4 heterocycles. The molecule has 0 saturated carbocycles. The normalized spacial score (nSPS) is 19.0. The largest absolute Gasteiger partial charge is 0.489 e. The molecule has 0 spiro atoms. The Kier molecular flexibility index (Phi) is 4.35. The van der Waals surface area contributed by atoms with E-state index >= 15 is 0 Å². The van der Waals surface area contributed by atoms with Crippen LogP contribution in [0.2, 0.25) is 0 Å². The van der Waals surface area contributed by atoms with Gasteiger partial charge in [0.05, 0.1) is 29.0 Å². The third kappa shape index (κ3) is 2.77. The summed E-state index contributed by atoms with van der Waals surface area (Å²) in [5.74, 6) is -1.24. The highest BCUT2D eigenvalue weighted by molar-refractivity contribution is 5.87. The molecular formula is C22H20FN3O5. The fourth-order valence-corrected chi connectivity index (χ4v) is 4.26. The molecule has 8 nitrogen and oxygen atoms in total. The zero-order chi connectivity index (χ0) is 21.9. The number of rotatable bonds is 4. The van der Waals surface area contributed by atoms with E-state index in [9.17, 15) is 19.1 Å². The topological polar surface area (TPSA) is 117 Å². The van der Waals surface area contributed by atoms with Crippen LogP contribution in [-0.2, 0) is 28.3 Å². The van der Waals surface area contributed by atoms with Crippen molar-refractivity contribution >= 4 is 16.9 Å². The third-order valence-electron chi connectivity index (χ3n) is 5.94. The zero-order valence-electron chi connectivity index (χ0n) is 16.8. The van der Waals surface area contributed by atoms with Gasteiger partial charge in [0.2, 0.25) is 0 Å². The molecule has 5 rings (SSSR count). The van der Waals surface area contributed by atoms with Gasteiger partial charge in [-0.25, -0.2) is 14.2 Å². The standard InChI is InChI=1S/C22H20FN3O5/c1-2-22(29)14-7-17-19-12(9-26(17)20(27)13(14)10-31-21(22)28)5-11-6-18(30-4-3-24)15(23)8-16(11)25-19/h5-8,29H,2-4,9-10,24H2,1H3/t22-/m0/s1. The van der Waals surface area contributed by atoms with Crippen LogP contribution in [0.25, 0.3) is 22.3 Å². The highest BCUT2D eigenvalue weighted by atomic mass is 19.1. The van der Waals surface area contributed by atoms with Crippen molar-refractivity contribution in [3.05, 3.63) is 57.1 Å². The first-order chi connectivity index (χ1) is 14.9. The maximum atomic E-state index is 14.4. The Morgan fingerprint density at radius 1 is 1.32 bits per heavy atom. The average Bonchev–Trinajstić information content (AvgIpc) is 3.11. The van der Waals surface area contributed by atoms with Crippen LogP contribution in [0.5, 0.6) is 5.75 Å². The summed E-state index contributed by atoms with van der Waals surface area (Å²) in [5, 5.41) is 11.6. The van der Waals surface area contributed by atoms with Gasteiger partial charge in [-0.3, -0.25) is 4.79 Å². The zero-order valence-corrected chi connectivity index (χ0v) is 16.8. The van der Waals surface area contributed by atoms with Crippen molar-refractivity contribution in [2.75, 3.05) is 13.2 Å². The summed E-state index contributed by atoms with van der Waals surface area (Å²) in [7, 11) is 0. The maximum Gasteiger partial charge on any atom is 0.343 e. The van der Waals surface area contributed by atoms with E-state index in [1.165, 1.54) is 10.6 Å². The molecule has 2 aliphatic rings. The lowest BCUT2D eigenvalue weighted by atomic mass is 9.86. The van der Waals surface area contributed by atoms with Crippen molar-refractivity contribution in [1.82, 2.24) is 9.55 Å². The Balaban J connectivity index is 1.69. The van der Waals surface area contributed by atoms with Crippen LogP contribution in [0.4, 0.5) is 4.39 Å². The first kappa shape index (κ1) is 19.7. The van der Waals surface area contributed by atoms with E-state index in [0.717, 1.165) is 5.56 Å². The molecule has 0 radical (unpaired) electrons. The highest BCUT2D eigenvalue weighted by Crippen LogP contribution is 2.39. The van der Waals surface area contributed by atoms with Crippen LogP contribution in [0, 0.1) is 5.82 Å². The highest BCUT2D eigenvalue weighted by Gasteiger charge is 2.45. The van der Waals surface area contributed by atoms with Crippen molar-refractivity contribution < 1.29 is 23.8 Å². The molecule has 2 aromatic heterocycles. The second-order valence-corrected chi connectivity index (χ2v) is 7.71. The molecule has 3 N–H and O–H groups in total. The molecule has 9 heteroatoms. The lowest BCUT2D eigenvalue weighted by Gasteiger charge is -2.31. The number of benzene rings is 1. The summed E-state index contributed by atoms with van der Waals surface area (Å²) in [6, 6.07) is 6.30. The van der Waals surface area contributed by atoms with E-state index in [1.807, 2.05) is 6.07 Å². The van der Waals surface area contributed by atoms with Gasteiger partial charge >= 0.3 is 5.97 Å². The lowest BCUT2D eigenvalue weighted by Crippen LogP contribution is -2.44. The predicted octanol–water partition coefficient (Wildman–Crippen LogP) is 1.56. The second-order valence-electron chi connectivity index (χ2n) is 7.71. The van der Waals surface area contributed by atoms with Crippen molar-refractivity contribution in [1.29, 1.82) is 0 Å². The van der Waals surface area contributed by atoms with E-state index in [0.29, 0.717) is 22.3 Å². The first-order valence-electron chi connectivity index (χ1n) is 10.0. The fraction of sp³-hybridized carbons (Fsp3) is 0.318. The molecule has 2 aliphatic heterocycles. The van der Waals surface area contributed by atoms with Gasteiger partial charge in [0, 0.05) is 29.1 Å². The first-order valence-corrected chi connectivity index (χ1v) is 10.0. The van der Waals surface area contributed by atoms with Crippen molar-refractivity contribution in [2.24, 2.45) is 5.73 Å². The minimum atomic E-state index is -1.89. The average molecular weight is 425 g/mol. The molecule has 1 aromatic carbocycles. The molecule has 31 heavy (non-hydrogen) atoms.